The first-order valence-electron chi connectivity index (χ1n) is 10.8. The first kappa shape index (κ1) is 22.9. The molecule has 0 saturated carbocycles. The van der Waals surface area contributed by atoms with E-state index in [0.29, 0.717) is 36.5 Å². The molecule has 5 N–H and O–H groups in total. The third kappa shape index (κ3) is 4.22. The lowest BCUT2D eigenvalue weighted by Gasteiger charge is -2.39. The number of aliphatic imine (C=N–C) groups is 1. The van der Waals surface area contributed by atoms with Gasteiger partial charge in [-0.15, -0.1) is 0 Å². The Morgan fingerprint density at radius 2 is 2.03 bits per heavy atom. The van der Waals surface area contributed by atoms with Crippen LogP contribution in [0.25, 0.3) is 11.0 Å². The summed E-state index contributed by atoms with van der Waals surface area (Å²) in [5, 5.41) is 10.9. The van der Waals surface area contributed by atoms with Gasteiger partial charge in [0.15, 0.2) is 17.0 Å². The number of epoxide rings is 1. The van der Waals surface area contributed by atoms with Crippen LogP contribution in [0, 0.1) is 6.92 Å². The molecule has 0 unspecified atom stereocenters. The number of aryl methyl sites for hydroxylation is 1. The summed E-state index contributed by atoms with van der Waals surface area (Å²) in [6.07, 6.45) is 0.456. The van der Waals surface area contributed by atoms with Gasteiger partial charge in [-0.25, -0.2) is 4.79 Å². The highest BCUT2D eigenvalue weighted by Gasteiger charge is 2.60. The summed E-state index contributed by atoms with van der Waals surface area (Å²) >= 11 is 0. The zero-order valence-electron chi connectivity index (χ0n) is 19.1. The van der Waals surface area contributed by atoms with Gasteiger partial charge in [0.05, 0.1) is 6.10 Å². The van der Waals surface area contributed by atoms with Crippen LogP contribution in [0.1, 0.15) is 44.9 Å². The largest absolute Gasteiger partial charge is 0.507 e. The van der Waals surface area contributed by atoms with E-state index in [1.807, 2.05) is 0 Å². The Bertz CT molecular complexity index is 1200. The number of esters is 1. The number of aromatic hydroxyl groups is 1. The van der Waals surface area contributed by atoms with E-state index in [1.54, 1.807) is 33.8 Å². The summed E-state index contributed by atoms with van der Waals surface area (Å²) in [4.78, 5) is 29.3. The molecule has 1 fully saturated rings. The summed E-state index contributed by atoms with van der Waals surface area (Å²) in [6.45, 7) is 7.39. The summed E-state index contributed by atoms with van der Waals surface area (Å²) in [5.74, 6) is 0.114. The fourth-order valence-corrected chi connectivity index (χ4v) is 4.20. The first-order chi connectivity index (χ1) is 15.4. The lowest BCUT2D eigenvalue weighted by atomic mass is 9.89. The number of benzene rings is 1. The Morgan fingerprint density at radius 1 is 1.30 bits per heavy atom. The maximum atomic E-state index is 12.9. The quantitative estimate of drug-likeness (QED) is 0.192. The molecule has 0 bridgehead atoms. The van der Waals surface area contributed by atoms with Crippen LogP contribution in [-0.2, 0) is 20.7 Å². The average molecular weight is 459 g/mol. The van der Waals surface area contributed by atoms with E-state index in [4.69, 9.17) is 30.1 Å². The molecule has 1 aromatic carbocycles. The molecule has 33 heavy (non-hydrogen) atoms. The van der Waals surface area contributed by atoms with Gasteiger partial charge in [-0.3, -0.25) is 9.79 Å². The van der Waals surface area contributed by atoms with Gasteiger partial charge in [0, 0.05) is 30.7 Å². The van der Waals surface area contributed by atoms with Crippen LogP contribution in [0.5, 0.6) is 11.5 Å². The van der Waals surface area contributed by atoms with Crippen molar-refractivity contribution in [2.75, 3.05) is 6.54 Å². The van der Waals surface area contributed by atoms with E-state index >= 15 is 0 Å². The fraction of sp³-hybridized carbons (Fsp3) is 0.522. The highest BCUT2D eigenvalue weighted by atomic mass is 16.7. The van der Waals surface area contributed by atoms with Gasteiger partial charge in [-0.1, -0.05) is 0 Å². The van der Waals surface area contributed by atoms with E-state index in [-0.39, 0.29) is 40.6 Å². The summed E-state index contributed by atoms with van der Waals surface area (Å²) in [5.41, 5.74) is 8.97. The first-order valence-corrected chi connectivity index (χ1v) is 10.8. The molecular formula is C23H29N3O7. The van der Waals surface area contributed by atoms with Crippen LogP contribution in [0.3, 0.4) is 0 Å². The highest BCUT2D eigenvalue weighted by Crippen LogP contribution is 2.45. The van der Waals surface area contributed by atoms with E-state index in [1.165, 1.54) is 6.07 Å². The van der Waals surface area contributed by atoms with Gasteiger partial charge >= 0.3 is 5.97 Å². The molecule has 2 aliphatic rings. The second-order valence-electron chi connectivity index (χ2n) is 9.26. The minimum atomic E-state index is -1.06. The molecule has 3 atom stereocenters. The third-order valence-electron chi connectivity index (χ3n) is 6.24. The zero-order chi connectivity index (χ0) is 24.1. The molecule has 10 nitrogen and oxygen atoms in total. The average Bonchev–Trinajstić information content (AvgIpc) is 3.36. The number of rotatable bonds is 6. The summed E-state index contributed by atoms with van der Waals surface area (Å²) in [7, 11) is 0. The molecule has 4 rings (SSSR count). The van der Waals surface area contributed by atoms with Crippen molar-refractivity contribution in [1.29, 1.82) is 0 Å². The standard InChI is InChI=1S/C23H29N3O7/c1-11-8-13(27)18-15(30-11)10-14-12(19(18)28)9-17(22(2,3)32-14)31-20(29)23(4)16(33-23)6-5-7-26-21(24)25/h8,10,16-17,28H,5-7,9H2,1-4H3,(H4,24,25,26)/t16-,17-,23-/m1/s1. The topological polar surface area (TPSA) is 163 Å². The minimum Gasteiger partial charge on any atom is -0.507 e. The number of carbonyl (C=O) groups excluding carboxylic acids is 1. The van der Waals surface area contributed by atoms with Gasteiger partial charge < -0.3 is 35.2 Å². The van der Waals surface area contributed by atoms with Crippen LogP contribution < -0.4 is 21.6 Å². The van der Waals surface area contributed by atoms with Crippen molar-refractivity contribution < 1.29 is 28.5 Å². The number of hydrogen-bond acceptors (Lipinski definition) is 8. The normalized spacial score (nSPS) is 25.1. The van der Waals surface area contributed by atoms with Crippen molar-refractivity contribution in [2.24, 2.45) is 16.5 Å². The summed E-state index contributed by atoms with van der Waals surface area (Å²) in [6, 6.07) is 2.91. The number of hydrogen-bond donors (Lipinski definition) is 3. The molecule has 0 radical (unpaired) electrons. The lowest BCUT2D eigenvalue weighted by molar-refractivity contribution is -0.166. The number of nitrogens with two attached hydrogens (primary N) is 2. The Labute approximate surface area is 190 Å². The number of phenols is 1. The molecule has 1 aromatic heterocycles. The van der Waals surface area contributed by atoms with Gasteiger partial charge in [0.2, 0.25) is 0 Å². The van der Waals surface area contributed by atoms with Crippen LogP contribution in [0.2, 0.25) is 0 Å². The zero-order valence-corrected chi connectivity index (χ0v) is 19.1. The molecule has 0 aliphatic carbocycles. The molecule has 2 aliphatic heterocycles. The van der Waals surface area contributed by atoms with Gasteiger partial charge in [-0.2, -0.15) is 0 Å². The molecule has 0 amide bonds. The predicted molar refractivity (Wildman–Crippen MR) is 120 cm³/mol. The van der Waals surface area contributed by atoms with E-state index in [9.17, 15) is 14.7 Å². The van der Waals surface area contributed by atoms with Crippen LogP contribution in [-0.4, -0.2) is 47.0 Å². The smallest absolute Gasteiger partial charge is 0.341 e. The Balaban J connectivity index is 1.52. The molecule has 178 valence electrons. The fourth-order valence-electron chi connectivity index (χ4n) is 4.20. The van der Waals surface area contributed by atoms with Crippen molar-refractivity contribution >= 4 is 22.9 Å². The number of fused-ring (bicyclic) bond motifs is 2. The lowest BCUT2D eigenvalue weighted by Crippen LogP contribution is -2.50. The number of ether oxygens (including phenoxy) is 3. The maximum absolute atomic E-state index is 12.9. The SMILES string of the molecule is Cc1cc(=O)c2c(O)c3c(cc2o1)OC(C)(C)[C@H](OC(=O)[C@]1(C)O[C@@H]1CCCN=C(N)N)C3. The van der Waals surface area contributed by atoms with Gasteiger partial charge in [-0.05, 0) is 40.5 Å². The molecule has 2 aromatic rings. The monoisotopic (exact) mass is 459 g/mol. The Hall–Kier alpha value is -3.27. The second-order valence-corrected chi connectivity index (χ2v) is 9.26. The Morgan fingerprint density at radius 3 is 2.73 bits per heavy atom. The van der Waals surface area contributed by atoms with E-state index in [0.717, 1.165) is 0 Å². The van der Waals surface area contributed by atoms with Crippen molar-refractivity contribution in [2.45, 2.75) is 70.4 Å². The molecule has 3 heterocycles. The molecule has 0 spiro atoms. The van der Waals surface area contributed by atoms with Gasteiger partial charge in [0.25, 0.3) is 0 Å². The Kier molecular flexibility index (Phi) is 5.52. The van der Waals surface area contributed by atoms with Crippen molar-refractivity contribution in [3.63, 3.8) is 0 Å². The van der Waals surface area contributed by atoms with Gasteiger partial charge in [0.1, 0.15) is 39.9 Å². The third-order valence-corrected chi connectivity index (χ3v) is 6.24. The van der Waals surface area contributed by atoms with Crippen molar-refractivity contribution in [3.8, 4) is 11.5 Å². The maximum Gasteiger partial charge on any atom is 0.341 e. The highest BCUT2D eigenvalue weighted by molar-refractivity contribution is 5.87. The molecule has 1 saturated heterocycles. The predicted octanol–water partition coefficient (Wildman–Crippen LogP) is 1.64. The minimum absolute atomic E-state index is 0.0256. The van der Waals surface area contributed by atoms with E-state index < -0.39 is 23.3 Å². The van der Waals surface area contributed by atoms with Crippen molar-refractivity contribution in [3.05, 3.63) is 33.7 Å². The number of guanidine groups is 1. The number of nitrogens with zero attached hydrogens (tertiary/aromatic N) is 1. The molecule has 10 heteroatoms. The van der Waals surface area contributed by atoms with Crippen LogP contribution in [0.4, 0.5) is 0 Å². The number of phenolic OH excluding ortho intramolecular Hbond substituents is 1. The number of carbonyl (C=O) groups is 1. The van der Waals surface area contributed by atoms with Crippen LogP contribution >= 0.6 is 0 Å². The summed E-state index contributed by atoms with van der Waals surface area (Å²) < 4.78 is 23.1. The van der Waals surface area contributed by atoms with Crippen LogP contribution in [0.15, 0.2) is 26.3 Å². The second kappa shape index (κ2) is 7.95. The molecular weight excluding hydrogens is 430 g/mol. The van der Waals surface area contributed by atoms with Crippen molar-refractivity contribution in [1.82, 2.24) is 0 Å². The van der Waals surface area contributed by atoms with E-state index in [2.05, 4.69) is 4.99 Å².